The molecular formula is C44H26S2. The summed E-state index contributed by atoms with van der Waals surface area (Å²) in [6.45, 7) is 0. The summed E-state index contributed by atoms with van der Waals surface area (Å²) in [6, 6.07) is 58.3. The molecule has 0 nitrogen and oxygen atoms in total. The molecule has 2 aromatic heterocycles. The van der Waals surface area contributed by atoms with E-state index >= 15 is 0 Å². The summed E-state index contributed by atoms with van der Waals surface area (Å²) in [7, 11) is 0. The minimum absolute atomic E-state index is 1.23. The Bertz CT molecular complexity index is 2780. The molecule has 8 aromatic carbocycles. The van der Waals surface area contributed by atoms with Gasteiger partial charge in [0.1, 0.15) is 0 Å². The van der Waals surface area contributed by atoms with Crippen molar-refractivity contribution in [3.05, 3.63) is 158 Å². The summed E-state index contributed by atoms with van der Waals surface area (Å²) >= 11 is 3.87. The first-order valence-electron chi connectivity index (χ1n) is 15.6. The number of fused-ring (bicyclic) bond motifs is 8. The molecule has 0 aliphatic heterocycles. The van der Waals surface area contributed by atoms with Gasteiger partial charge in [0.2, 0.25) is 0 Å². The van der Waals surface area contributed by atoms with Gasteiger partial charge in [0.05, 0.1) is 9.40 Å². The van der Waals surface area contributed by atoms with E-state index in [1.54, 1.807) is 0 Å². The lowest BCUT2D eigenvalue weighted by atomic mass is 9.95. The van der Waals surface area contributed by atoms with E-state index in [1.807, 2.05) is 22.7 Å². The molecule has 214 valence electrons. The number of hydrogen-bond acceptors (Lipinski definition) is 2. The Labute approximate surface area is 274 Å². The molecule has 0 saturated heterocycles. The van der Waals surface area contributed by atoms with Crippen molar-refractivity contribution in [1.82, 2.24) is 0 Å². The summed E-state index contributed by atoms with van der Waals surface area (Å²) in [4.78, 5) is 0. The topological polar surface area (TPSA) is 0 Å². The lowest BCUT2D eigenvalue weighted by Crippen LogP contribution is -1.83. The molecular weight excluding hydrogens is 593 g/mol. The van der Waals surface area contributed by atoms with E-state index in [4.69, 9.17) is 0 Å². The second-order valence-electron chi connectivity index (χ2n) is 12.2. The van der Waals surface area contributed by atoms with Crippen molar-refractivity contribution in [2.75, 3.05) is 0 Å². The normalized spacial score (nSPS) is 11.9. The predicted octanol–water partition coefficient (Wildman–Crippen LogP) is 13.7. The van der Waals surface area contributed by atoms with Crippen LogP contribution in [0.3, 0.4) is 0 Å². The molecule has 0 atom stereocenters. The quantitative estimate of drug-likeness (QED) is 0.185. The summed E-state index contributed by atoms with van der Waals surface area (Å²) in [5.41, 5.74) is 7.46. The largest absolute Gasteiger partial charge is 0.134 e. The Balaban J connectivity index is 1.03. The molecule has 0 aliphatic carbocycles. The number of thiophene rings is 2. The smallest absolute Gasteiger partial charge is 0.0542 e. The fourth-order valence-corrected chi connectivity index (χ4v) is 9.65. The van der Waals surface area contributed by atoms with Crippen molar-refractivity contribution in [1.29, 1.82) is 0 Å². The maximum atomic E-state index is 2.40. The molecule has 0 spiro atoms. The van der Waals surface area contributed by atoms with Crippen LogP contribution in [0, 0.1) is 0 Å². The van der Waals surface area contributed by atoms with Gasteiger partial charge < -0.3 is 0 Å². The molecule has 0 saturated carbocycles. The Morgan fingerprint density at radius 3 is 1.26 bits per heavy atom. The summed E-state index contributed by atoms with van der Waals surface area (Å²) in [5, 5.41) is 10.5. The second-order valence-corrected chi connectivity index (χ2v) is 14.3. The van der Waals surface area contributed by atoms with Gasteiger partial charge in [-0.15, -0.1) is 22.7 Å². The minimum atomic E-state index is 1.23. The lowest BCUT2D eigenvalue weighted by Gasteiger charge is -2.09. The molecule has 46 heavy (non-hydrogen) atoms. The van der Waals surface area contributed by atoms with Crippen LogP contribution in [0.1, 0.15) is 0 Å². The first kappa shape index (κ1) is 26.0. The van der Waals surface area contributed by atoms with E-state index in [9.17, 15) is 0 Å². The highest BCUT2D eigenvalue weighted by atomic mass is 32.1. The molecule has 0 aliphatic rings. The molecule has 10 aromatic rings. The molecule has 0 bridgehead atoms. The molecule has 10 rings (SSSR count). The van der Waals surface area contributed by atoms with Crippen LogP contribution >= 0.6 is 22.7 Å². The SMILES string of the molecule is c1ccc(-c2ccc(-c3ccc4ccc(-c5ccc6cc7c(cc6c5)sc5c6cc8ccccc8cc6sc75)cc4c3)cc2)cc1. The van der Waals surface area contributed by atoms with Gasteiger partial charge in [0, 0.05) is 20.2 Å². The van der Waals surface area contributed by atoms with E-state index in [0.717, 1.165) is 0 Å². The third-order valence-electron chi connectivity index (χ3n) is 9.41. The van der Waals surface area contributed by atoms with Gasteiger partial charge in [0.25, 0.3) is 0 Å². The van der Waals surface area contributed by atoms with Crippen molar-refractivity contribution in [3.63, 3.8) is 0 Å². The third kappa shape index (κ3) is 4.19. The number of hydrogen-bond donors (Lipinski definition) is 0. The van der Waals surface area contributed by atoms with E-state index in [-0.39, 0.29) is 0 Å². The lowest BCUT2D eigenvalue weighted by molar-refractivity contribution is 1.60. The van der Waals surface area contributed by atoms with Crippen molar-refractivity contribution in [2.45, 2.75) is 0 Å². The van der Waals surface area contributed by atoms with Gasteiger partial charge in [-0.1, -0.05) is 115 Å². The minimum Gasteiger partial charge on any atom is -0.134 e. The van der Waals surface area contributed by atoms with Crippen LogP contribution in [0.5, 0.6) is 0 Å². The van der Waals surface area contributed by atoms with Crippen LogP contribution in [0.25, 0.3) is 95.3 Å². The Kier molecular flexibility index (Phi) is 5.72. The average molecular weight is 619 g/mol. The van der Waals surface area contributed by atoms with Gasteiger partial charge in [0.15, 0.2) is 0 Å². The molecule has 0 amide bonds. The summed E-state index contributed by atoms with van der Waals surface area (Å²) in [5.74, 6) is 0. The van der Waals surface area contributed by atoms with Crippen LogP contribution in [0.4, 0.5) is 0 Å². The summed E-state index contributed by atoms with van der Waals surface area (Å²) in [6.07, 6.45) is 0. The fraction of sp³-hybridized carbons (Fsp3) is 0. The summed E-state index contributed by atoms with van der Waals surface area (Å²) < 4.78 is 5.57. The Morgan fingerprint density at radius 1 is 0.261 bits per heavy atom. The Morgan fingerprint density at radius 2 is 0.652 bits per heavy atom. The zero-order chi connectivity index (χ0) is 30.2. The van der Waals surface area contributed by atoms with Gasteiger partial charge in [-0.05, 0) is 108 Å². The maximum Gasteiger partial charge on any atom is 0.0542 e. The van der Waals surface area contributed by atoms with Crippen molar-refractivity contribution >= 4 is 84.6 Å². The van der Waals surface area contributed by atoms with Gasteiger partial charge in [-0.3, -0.25) is 0 Å². The molecule has 0 fully saturated rings. The van der Waals surface area contributed by atoms with E-state index in [0.29, 0.717) is 0 Å². The van der Waals surface area contributed by atoms with Crippen LogP contribution in [-0.2, 0) is 0 Å². The molecule has 0 unspecified atom stereocenters. The molecule has 2 heterocycles. The van der Waals surface area contributed by atoms with E-state index < -0.39 is 0 Å². The first-order valence-corrected chi connectivity index (χ1v) is 17.3. The van der Waals surface area contributed by atoms with Crippen molar-refractivity contribution in [2.24, 2.45) is 0 Å². The van der Waals surface area contributed by atoms with Crippen LogP contribution < -0.4 is 0 Å². The number of rotatable bonds is 3. The van der Waals surface area contributed by atoms with Gasteiger partial charge in [-0.2, -0.15) is 0 Å². The van der Waals surface area contributed by atoms with Crippen molar-refractivity contribution in [3.8, 4) is 33.4 Å². The highest BCUT2D eigenvalue weighted by Crippen LogP contribution is 2.46. The molecule has 0 radical (unpaired) electrons. The fourth-order valence-electron chi connectivity index (χ4n) is 6.96. The highest BCUT2D eigenvalue weighted by Gasteiger charge is 2.14. The average Bonchev–Trinajstić information content (AvgIpc) is 3.64. The van der Waals surface area contributed by atoms with Gasteiger partial charge in [-0.25, -0.2) is 0 Å². The van der Waals surface area contributed by atoms with Gasteiger partial charge >= 0.3 is 0 Å². The predicted molar refractivity (Wildman–Crippen MR) is 204 cm³/mol. The second kappa shape index (κ2) is 10.1. The zero-order valence-electron chi connectivity index (χ0n) is 24.8. The maximum absolute atomic E-state index is 2.40. The highest BCUT2D eigenvalue weighted by molar-refractivity contribution is 7.36. The molecule has 0 N–H and O–H groups in total. The van der Waals surface area contributed by atoms with E-state index in [1.165, 1.54) is 95.3 Å². The Hall–Kier alpha value is -5.28. The number of benzene rings is 8. The zero-order valence-corrected chi connectivity index (χ0v) is 26.5. The monoisotopic (exact) mass is 618 g/mol. The van der Waals surface area contributed by atoms with Crippen LogP contribution in [0.15, 0.2) is 158 Å². The van der Waals surface area contributed by atoms with Crippen molar-refractivity contribution < 1.29 is 0 Å². The van der Waals surface area contributed by atoms with Crippen LogP contribution in [-0.4, -0.2) is 0 Å². The first-order chi connectivity index (χ1) is 22.7. The standard InChI is InChI=1S/C44H26S2/c1-2-6-27(7-3-1)28-10-12-29(13-11-28)33-16-14-30-15-17-34(21-37(30)20-33)35-18-19-36-24-40-42(26-38(36)22-35)46-43-39-23-31-8-4-5-9-32(31)25-41(39)45-44(40)43/h1-26H. The third-order valence-corrected chi connectivity index (χ3v) is 11.9. The molecule has 2 heteroatoms. The van der Waals surface area contributed by atoms with E-state index in [2.05, 4.69) is 158 Å². The van der Waals surface area contributed by atoms with Crippen LogP contribution in [0.2, 0.25) is 0 Å².